The first-order chi connectivity index (χ1) is 4.70. The van der Waals surface area contributed by atoms with Gasteiger partial charge < -0.3 is 0 Å². The lowest BCUT2D eigenvalue weighted by molar-refractivity contribution is 1.25. The van der Waals surface area contributed by atoms with E-state index in [1.54, 1.807) is 12.3 Å². The first kappa shape index (κ1) is 9.44. The molecule has 0 atom stereocenters. The van der Waals surface area contributed by atoms with E-state index in [1.165, 1.54) is 0 Å². The molecule has 1 nitrogen and oxygen atoms in total. The fourth-order valence-electron chi connectivity index (χ4n) is 0.316. The molecule has 0 unspecified atom stereocenters. The van der Waals surface area contributed by atoms with Crippen molar-refractivity contribution in [2.24, 2.45) is 4.99 Å². The van der Waals surface area contributed by atoms with E-state index < -0.39 is 0 Å². The lowest BCUT2D eigenvalue weighted by Crippen LogP contribution is -1.83. The van der Waals surface area contributed by atoms with Crippen molar-refractivity contribution >= 4 is 17.3 Å². The third-order valence-corrected chi connectivity index (χ3v) is 1.37. The van der Waals surface area contributed by atoms with Crippen LogP contribution in [0.25, 0.3) is 0 Å². The lowest BCUT2D eigenvalue weighted by atomic mass is 10.3. The van der Waals surface area contributed by atoms with Gasteiger partial charge in [-0.05, 0) is 19.4 Å². The largest absolute Gasteiger partial charge is 0.264 e. The quantitative estimate of drug-likeness (QED) is 0.441. The van der Waals surface area contributed by atoms with E-state index in [0.717, 1.165) is 12.1 Å². The maximum Gasteiger partial charge on any atom is 0.0582 e. The van der Waals surface area contributed by atoms with Crippen LogP contribution in [0.2, 0.25) is 0 Å². The van der Waals surface area contributed by atoms with E-state index in [2.05, 4.69) is 18.5 Å². The molecule has 0 aliphatic heterocycles. The normalized spacial score (nSPS) is 13.5. The highest BCUT2D eigenvalue weighted by Gasteiger charge is 1.82. The van der Waals surface area contributed by atoms with Crippen molar-refractivity contribution in [3.05, 3.63) is 23.9 Å². The van der Waals surface area contributed by atoms with Crippen LogP contribution in [0, 0.1) is 0 Å². The summed E-state index contributed by atoms with van der Waals surface area (Å²) in [7, 11) is 0. The van der Waals surface area contributed by atoms with E-state index in [1.807, 2.05) is 6.92 Å². The Hall–Kier alpha value is -0.560. The smallest absolute Gasteiger partial charge is 0.0582 e. The van der Waals surface area contributed by atoms with E-state index >= 15 is 0 Å². The molecule has 0 heterocycles. The van der Waals surface area contributed by atoms with Crippen molar-refractivity contribution in [3.63, 3.8) is 0 Å². The molecular weight excluding hydrogens is 146 g/mol. The zero-order chi connectivity index (χ0) is 7.98. The summed E-state index contributed by atoms with van der Waals surface area (Å²) in [5.41, 5.74) is 1.07. The SMILES string of the molecule is C=C/C(Cl)=C\N=C(C)CC. The molecule has 0 saturated heterocycles. The molecule has 0 aliphatic rings. The Balaban J connectivity index is 4.03. The summed E-state index contributed by atoms with van der Waals surface area (Å²) in [6, 6.07) is 0. The van der Waals surface area contributed by atoms with Crippen molar-refractivity contribution in [2.75, 3.05) is 0 Å². The highest BCUT2D eigenvalue weighted by molar-refractivity contribution is 6.31. The highest BCUT2D eigenvalue weighted by atomic mass is 35.5. The third-order valence-electron chi connectivity index (χ3n) is 1.11. The predicted octanol–water partition coefficient (Wildman–Crippen LogP) is 3.12. The standard InChI is InChI=1S/C8H12ClN/c1-4-7(3)10-6-8(9)5-2/h5-6H,2,4H2,1,3H3/b8-6+,10-7?. The van der Waals surface area contributed by atoms with Gasteiger partial charge in [0.15, 0.2) is 0 Å². The molecule has 0 radical (unpaired) electrons. The minimum Gasteiger partial charge on any atom is -0.264 e. The molecule has 0 bridgehead atoms. The van der Waals surface area contributed by atoms with Gasteiger partial charge in [-0.25, -0.2) is 0 Å². The Morgan fingerprint density at radius 1 is 1.70 bits per heavy atom. The van der Waals surface area contributed by atoms with Crippen LogP contribution in [0.5, 0.6) is 0 Å². The molecule has 0 N–H and O–H groups in total. The maximum absolute atomic E-state index is 5.60. The van der Waals surface area contributed by atoms with Crippen LogP contribution < -0.4 is 0 Å². The van der Waals surface area contributed by atoms with Crippen molar-refractivity contribution in [1.82, 2.24) is 0 Å². The molecule has 0 fully saturated rings. The van der Waals surface area contributed by atoms with Gasteiger partial charge in [0.25, 0.3) is 0 Å². The van der Waals surface area contributed by atoms with Gasteiger partial charge in [-0.2, -0.15) is 0 Å². The van der Waals surface area contributed by atoms with Gasteiger partial charge in [0.1, 0.15) is 0 Å². The van der Waals surface area contributed by atoms with Crippen LogP contribution >= 0.6 is 11.6 Å². The molecule has 0 rings (SSSR count). The summed E-state index contributed by atoms with van der Waals surface area (Å²) < 4.78 is 0. The maximum atomic E-state index is 5.60. The molecule has 0 aromatic rings. The fourth-order valence-corrected chi connectivity index (χ4v) is 0.365. The third kappa shape index (κ3) is 4.33. The summed E-state index contributed by atoms with van der Waals surface area (Å²) in [6.45, 7) is 7.51. The van der Waals surface area contributed by atoms with Crippen LogP contribution in [0.15, 0.2) is 28.9 Å². The highest BCUT2D eigenvalue weighted by Crippen LogP contribution is 2.01. The van der Waals surface area contributed by atoms with Gasteiger partial charge in [0, 0.05) is 11.9 Å². The zero-order valence-corrected chi connectivity index (χ0v) is 7.15. The molecule has 0 saturated carbocycles. The van der Waals surface area contributed by atoms with Crippen LogP contribution in [0.3, 0.4) is 0 Å². The molecule has 0 aromatic heterocycles. The van der Waals surface area contributed by atoms with E-state index in [4.69, 9.17) is 11.6 Å². The number of halogens is 1. The predicted molar refractivity (Wildman–Crippen MR) is 47.5 cm³/mol. The van der Waals surface area contributed by atoms with Crippen molar-refractivity contribution < 1.29 is 0 Å². The Kier molecular flexibility index (Phi) is 4.95. The van der Waals surface area contributed by atoms with Gasteiger partial charge in [-0.1, -0.05) is 25.1 Å². The number of allylic oxidation sites excluding steroid dienone is 2. The second kappa shape index (κ2) is 5.24. The monoisotopic (exact) mass is 157 g/mol. The Morgan fingerprint density at radius 2 is 2.30 bits per heavy atom. The van der Waals surface area contributed by atoms with Crippen molar-refractivity contribution in [1.29, 1.82) is 0 Å². The van der Waals surface area contributed by atoms with Crippen molar-refractivity contribution in [2.45, 2.75) is 20.3 Å². The minimum atomic E-state index is 0.577. The first-order valence-electron chi connectivity index (χ1n) is 3.22. The van der Waals surface area contributed by atoms with Gasteiger partial charge in [0.05, 0.1) is 5.03 Å². The Bertz CT molecular complexity index is 168. The summed E-state index contributed by atoms with van der Waals surface area (Å²) in [5.74, 6) is 0. The van der Waals surface area contributed by atoms with E-state index in [9.17, 15) is 0 Å². The average Bonchev–Trinajstić information content (AvgIpc) is 1.99. The van der Waals surface area contributed by atoms with Crippen LogP contribution in [0.1, 0.15) is 20.3 Å². The van der Waals surface area contributed by atoms with Gasteiger partial charge >= 0.3 is 0 Å². The van der Waals surface area contributed by atoms with Gasteiger partial charge in [0.2, 0.25) is 0 Å². The molecule has 0 amide bonds. The van der Waals surface area contributed by atoms with Gasteiger partial charge in [-0.3, -0.25) is 4.99 Å². The molecule has 0 spiro atoms. The molecular formula is C8H12ClN. The summed E-state index contributed by atoms with van der Waals surface area (Å²) in [6.07, 6.45) is 4.12. The van der Waals surface area contributed by atoms with Crippen molar-refractivity contribution in [3.8, 4) is 0 Å². The molecule has 0 aromatic carbocycles. The number of aliphatic imine (C=N–C) groups is 1. The number of nitrogens with zero attached hydrogens (tertiary/aromatic N) is 1. The molecule has 0 aliphatic carbocycles. The zero-order valence-electron chi connectivity index (χ0n) is 6.39. The fraction of sp³-hybridized carbons (Fsp3) is 0.375. The topological polar surface area (TPSA) is 12.4 Å². The Morgan fingerprint density at radius 3 is 2.70 bits per heavy atom. The average molecular weight is 158 g/mol. The Labute approximate surface area is 67.1 Å². The van der Waals surface area contributed by atoms with E-state index in [0.29, 0.717) is 5.03 Å². The molecule has 2 heteroatoms. The number of hydrogen-bond donors (Lipinski definition) is 0. The van der Waals surface area contributed by atoms with Crippen LogP contribution in [0.4, 0.5) is 0 Å². The summed E-state index contributed by atoms with van der Waals surface area (Å²) >= 11 is 5.60. The summed E-state index contributed by atoms with van der Waals surface area (Å²) in [4.78, 5) is 4.06. The lowest BCUT2D eigenvalue weighted by Gasteiger charge is -1.88. The second-order valence-electron chi connectivity index (χ2n) is 1.94. The summed E-state index contributed by atoms with van der Waals surface area (Å²) in [5, 5.41) is 0.577. The molecule has 10 heavy (non-hydrogen) atoms. The second-order valence-corrected chi connectivity index (χ2v) is 2.37. The van der Waals surface area contributed by atoms with Crippen LogP contribution in [-0.4, -0.2) is 5.71 Å². The van der Waals surface area contributed by atoms with Gasteiger partial charge in [-0.15, -0.1) is 0 Å². The number of rotatable bonds is 3. The number of hydrogen-bond acceptors (Lipinski definition) is 1. The van der Waals surface area contributed by atoms with Crippen LogP contribution in [-0.2, 0) is 0 Å². The molecule has 56 valence electrons. The minimum absolute atomic E-state index is 0.577. The first-order valence-corrected chi connectivity index (χ1v) is 3.60. The van der Waals surface area contributed by atoms with E-state index in [-0.39, 0.29) is 0 Å².